The fourth-order valence-corrected chi connectivity index (χ4v) is 4.12. The zero-order valence-electron chi connectivity index (χ0n) is 15.5. The number of amides is 1. The summed E-state index contributed by atoms with van der Waals surface area (Å²) in [6.07, 6.45) is -0.962. The van der Waals surface area contributed by atoms with Crippen molar-refractivity contribution in [3.05, 3.63) is 58.4 Å². The summed E-state index contributed by atoms with van der Waals surface area (Å²) in [4.78, 5) is 20.4. The number of nitrogens with two attached hydrogens (primary N) is 1. The third-order valence-corrected chi connectivity index (χ3v) is 5.79. The minimum atomic E-state index is -2.88. The van der Waals surface area contributed by atoms with Crippen molar-refractivity contribution in [1.82, 2.24) is 4.98 Å². The molecule has 1 aromatic heterocycles. The maximum atomic E-state index is 14.4. The zero-order valence-corrected chi connectivity index (χ0v) is 16.2. The van der Waals surface area contributed by atoms with E-state index in [4.69, 9.17) is 27.3 Å². The first-order valence-electron chi connectivity index (χ1n) is 9.13. The van der Waals surface area contributed by atoms with Gasteiger partial charge >= 0.3 is 0 Å². The minimum Gasteiger partial charge on any atom is -0.462 e. The highest BCUT2D eigenvalue weighted by molar-refractivity contribution is 6.31. The van der Waals surface area contributed by atoms with Crippen LogP contribution in [0.4, 0.5) is 14.5 Å². The van der Waals surface area contributed by atoms with Gasteiger partial charge in [-0.25, -0.2) is 18.8 Å². The average Bonchev–Trinajstić information content (AvgIpc) is 2.71. The second kappa shape index (κ2) is 7.54. The number of anilines is 1. The Morgan fingerprint density at radius 3 is 2.77 bits per heavy atom. The van der Waals surface area contributed by atoms with Crippen molar-refractivity contribution < 1.29 is 18.3 Å². The number of fused-ring (bicyclic) bond motifs is 1. The summed E-state index contributed by atoms with van der Waals surface area (Å²) in [5.74, 6) is -1.14. The normalized spacial score (nSPS) is 24.7. The smallest absolute Gasteiger partial charge is 0.283 e. The van der Waals surface area contributed by atoms with Crippen LogP contribution in [0.5, 0.6) is 0 Å². The van der Waals surface area contributed by atoms with Crippen molar-refractivity contribution in [3.8, 4) is 6.07 Å². The molecule has 154 valence electrons. The molecule has 3 atom stereocenters. The van der Waals surface area contributed by atoms with Crippen molar-refractivity contribution >= 4 is 29.2 Å². The van der Waals surface area contributed by atoms with Crippen molar-refractivity contribution in [2.45, 2.75) is 30.9 Å². The lowest BCUT2D eigenvalue weighted by molar-refractivity contribution is -0.0936. The maximum absolute atomic E-state index is 14.4. The summed E-state index contributed by atoms with van der Waals surface area (Å²) >= 11 is 6.30. The van der Waals surface area contributed by atoms with Crippen molar-refractivity contribution in [3.63, 3.8) is 0 Å². The lowest BCUT2D eigenvalue weighted by Gasteiger charge is -2.50. The monoisotopic (exact) mass is 431 g/mol. The minimum absolute atomic E-state index is 0.0708. The van der Waals surface area contributed by atoms with Gasteiger partial charge in [0.15, 0.2) is 5.54 Å². The van der Waals surface area contributed by atoms with Crippen LogP contribution >= 0.6 is 11.6 Å². The second-order valence-corrected chi connectivity index (χ2v) is 7.52. The molecule has 2 aliphatic rings. The van der Waals surface area contributed by atoms with Gasteiger partial charge < -0.3 is 15.8 Å². The SMILES string of the molecule is N#Cc1ccc(C(=O)Nc2ccc(Cl)c(C3(C(F)F)N=C(N)OC4CCC43)c2)nc1. The van der Waals surface area contributed by atoms with Crippen molar-refractivity contribution in [1.29, 1.82) is 5.26 Å². The quantitative estimate of drug-likeness (QED) is 0.769. The molecule has 0 spiro atoms. The van der Waals surface area contributed by atoms with Gasteiger partial charge in [0.05, 0.1) is 5.56 Å². The van der Waals surface area contributed by atoms with Crippen LogP contribution in [0.3, 0.4) is 0 Å². The lowest BCUT2D eigenvalue weighted by atomic mass is 9.65. The molecule has 4 rings (SSSR count). The van der Waals surface area contributed by atoms with E-state index in [9.17, 15) is 13.6 Å². The number of hydrogen-bond donors (Lipinski definition) is 2. The summed E-state index contributed by atoms with van der Waals surface area (Å²) in [5.41, 5.74) is 4.45. The van der Waals surface area contributed by atoms with Gasteiger partial charge in [0, 0.05) is 28.4 Å². The van der Waals surface area contributed by atoms with Gasteiger partial charge in [-0.1, -0.05) is 11.6 Å². The highest BCUT2D eigenvalue weighted by Gasteiger charge is 2.59. The predicted molar refractivity (Wildman–Crippen MR) is 105 cm³/mol. The van der Waals surface area contributed by atoms with Crippen LogP contribution in [0.1, 0.15) is 34.5 Å². The first-order valence-corrected chi connectivity index (χ1v) is 9.50. The van der Waals surface area contributed by atoms with Gasteiger partial charge in [0.2, 0.25) is 0 Å². The summed E-state index contributed by atoms with van der Waals surface area (Å²) in [6.45, 7) is 0. The molecule has 7 nitrogen and oxygen atoms in total. The molecule has 1 amide bonds. The molecule has 30 heavy (non-hydrogen) atoms. The molecule has 2 heterocycles. The van der Waals surface area contributed by atoms with Gasteiger partial charge in [-0.05, 0) is 43.2 Å². The van der Waals surface area contributed by atoms with E-state index >= 15 is 0 Å². The van der Waals surface area contributed by atoms with Gasteiger partial charge in [-0.2, -0.15) is 5.26 Å². The average molecular weight is 432 g/mol. The molecule has 2 aromatic rings. The number of carbonyl (C=O) groups is 1. The van der Waals surface area contributed by atoms with Crippen LogP contribution < -0.4 is 11.1 Å². The molecule has 1 aromatic carbocycles. The largest absolute Gasteiger partial charge is 0.462 e. The molecule has 1 aliphatic heterocycles. The first kappa shape index (κ1) is 20.0. The number of nitrogens with one attached hydrogen (secondary N) is 1. The number of hydrogen-bond acceptors (Lipinski definition) is 6. The summed E-state index contributed by atoms with van der Waals surface area (Å²) in [6, 6.07) is 8.77. The number of halogens is 3. The number of amidine groups is 1. The number of carbonyl (C=O) groups excluding carboxylic acids is 1. The van der Waals surface area contributed by atoms with Crippen molar-refractivity contribution in [2.75, 3.05) is 5.32 Å². The number of alkyl halides is 2. The van der Waals surface area contributed by atoms with E-state index in [0.717, 1.165) is 0 Å². The van der Waals surface area contributed by atoms with Crippen LogP contribution in [0, 0.1) is 17.2 Å². The fraction of sp³-hybridized carbons (Fsp3) is 0.300. The highest BCUT2D eigenvalue weighted by Crippen LogP contribution is 2.54. The topological polar surface area (TPSA) is 113 Å². The molecule has 1 saturated carbocycles. The van der Waals surface area contributed by atoms with Gasteiger partial charge in [-0.15, -0.1) is 0 Å². The van der Waals surface area contributed by atoms with Crippen LogP contribution in [0.15, 0.2) is 41.5 Å². The number of ether oxygens (including phenoxy) is 1. The number of aliphatic imine (C=N–C) groups is 1. The maximum Gasteiger partial charge on any atom is 0.283 e. The third-order valence-electron chi connectivity index (χ3n) is 5.46. The van der Waals surface area contributed by atoms with Crippen LogP contribution in [-0.2, 0) is 10.3 Å². The van der Waals surface area contributed by atoms with Crippen LogP contribution in [0.25, 0.3) is 0 Å². The molecule has 0 bridgehead atoms. The summed E-state index contributed by atoms with van der Waals surface area (Å²) in [5, 5.41) is 11.5. The highest BCUT2D eigenvalue weighted by atomic mass is 35.5. The fourth-order valence-electron chi connectivity index (χ4n) is 3.85. The Bertz CT molecular complexity index is 1070. The Hall–Kier alpha value is -3.25. The van der Waals surface area contributed by atoms with Crippen LogP contribution in [-0.4, -0.2) is 29.4 Å². The zero-order chi connectivity index (χ0) is 21.5. The Balaban J connectivity index is 1.70. The predicted octanol–water partition coefficient (Wildman–Crippen LogP) is 3.44. The molecule has 3 unspecified atom stereocenters. The van der Waals surface area contributed by atoms with Crippen LogP contribution in [0.2, 0.25) is 5.02 Å². The van der Waals surface area contributed by atoms with E-state index in [1.165, 1.54) is 36.5 Å². The molecule has 0 saturated heterocycles. The summed E-state index contributed by atoms with van der Waals surface area (Å²) in [7, 11) is 0. The number of nitriles is 1. The van der Waals surface area contributed by atoms with E-state index in [-0.39, 0.29) is 28.0 Å². The molecular formula is C20H16ClF2N5O2. The lowest BCUT2D eigenvalue weighted by Crippen LogP contribution is -2.57. The first-order chi connectivity index (χ1) is 14.3. The molecular weight excluding hydrogens is 416 g/mol. The van der Waals surface area contributed by atoms with Gasteiger partial charge in [-0.3, -0.25) is 4.79 Å². The van der Waals surface area contributed by atoms with E-state index in [0.29, 0.717) is 18.4 Å². The number of pyridine rings is 1. The van der Waals surface area contributed by atoms with Gasteiger partial charge in [0.1, 0.15) is 17.9 Å². The molecule has 0 radical (unpaired) electrons. The van der Waals surface area contributed by atoms with E-state index in [1.807, 2.05) is 6.07 Å². The van der Waals surface area contributed by atoms with E-state index in [2.05, 4.69) is 15.3 Å². The Morgan fingerprint density at radius 2 is 2.17 bits per heavy atom. The molecule has 1 aliphatic carbocycles. The van der Waals surface area contributed by atoms with E-state index in [1.54, 1.807) is 0 Å². The number of rotatable bonds is 4. The number of aromatic nitrogens is 1. The summed E-state index contributed by atoms with van der Waals surface area (Å²) < 4.78 is 34.2. The second-order valence-electron chi connectivity index (χ2n) is 7.11. The standard InChI is InChI=1S/C20H16ClF2N5O2/c21-14-4-2-11(27-17(29)15-5-1-10(8-24)9-26-15)7-13(14)20(18(22)23)12-3-6-16(12)30-19(25)28-20/h1-2,4-5,7,9,12,16,18H,3,6H2,(H2,25,28)(H,27,29). The molecule has 1 fully saturated rings. The Morgan fingerprint density at radius 1 is 1.37 bits per heavy atom. The van der Waals surface area contributed by atoms with Crippen molar-refractivity contribution in [2.24, 2.45) is 16.6 Å². The number of nitrogens with zero attached hydrogens (tertiary/aromatic N) is 3. The van der Waals surface area contributed by atoms with Gasteiger partial charge in [0.25, 0.3) is 18.4 Å². The Labute approximate surface area is 175 Å². The van der Waals surface area contributed by atoms with E-state index < -0.39 is 29.9 Å². The third kappa shape index (κ3) is 3.23. The molecule has 3 N–H and O–H groups in total. The Kier molecular flexibility index (Phi) is 5.03. The number of benzene rings is 1. The molecule has 10 heteroatoms.